The second-order valence-electron chi connectivity index (χ2n) is 11.8. The number of ether oxygens (including phenoxy) is 4. The van der Waals surface area contributed by atoms with Crippen molar-refractivity contribution in [3.05, 3.63) is 114 Å². The number of morpholine rings is 1. The summed E-state index contributed by atoms with van der Waals surface area (Å²) in [7, 11) is 0. The molecule has 1 aliphatic heterocycles. The first-order valence-electron chi connectivity index (χ1n) is 15.2. The second-order valence-corrected chi connectivity index (χ2v) is 11.8. The van der Waals surface area contributed by atoms with Gasteiger partial charge in [0.1, 0.15) is 30.3 Å². The summed E-state index contributed by atoms with van der Waals surface area (Å²) in [5, 5.41) is 2.98. The largest absolute Gasteiger partial charge is 0.492 e. The minimum absolute atomic E-state index is 0.252. The van der Waals surface area contributed by atoms with Crippen molar-refractivity contribution >= 4 is 17.6 Å². The van der Waals surface area contributed by atoms with Gasteiger partial charge in [0.25, 0.3) is 5.91 Å². The lowest BCUT2D eigenvalue weighted by atomic mass is 10.0. The van der Waals surface area contributed by atoms with E-state index in [0.29, 0.717) is 37.0 Å². The Hall–Kier alpha value is -4.66. The van der Waals surface area contributed by atoms with E-state index < -0.39 is 17.5 Å². The van der Waals surface area contributed by atoms with Gasteiger partial charge in [0.2, 0.25) is 0 Å². The molecular weight excluding hydrogens is 568 g/mol. The maximum absolute atomic E-state index is 14.0. The minimum atomic E-state index is -0.707. The van der Waals surface area contributed by atoms with Gasteiger partial charge < -0.3 is 24.3 Å². The van der Waals surface area contributed by atoms with Crippen molar-refractivity contribution < 1.29 is 28.5 Å². The first-order chi connectivity index (χ1) is 21.7. The topological polar surface area (TPSA) is 86.3 Å². The fraction of sp³-hybridized carbons (Fsp3) is 0.297. The molecule has 0 atom stereocenters. The number of hydrogen-bond donors (Lipinski definition) is 1. The molecule has 0 spiro atoms. The monoisotopic (exact) mass is 608 g/mol. The number of esters is 1. The molecule has 1 N–H and O–H groups in total. The molecule has 4 aromatic carbocycles. The minimum Gasteiger partial charge on any atom is -0.492 e. The number of carbonyl (C=O) groups is 2. The van der Waals surface area contributed by atoms with Crippen LogP contribution in [0.15, 0.2) is 97.1 Å². The molecule has 0 unspecified atom stereocenters. The maximum Gasteiger partial charge on any atom is 0.340 e. The molecule has 234 valence electrons. The molecule has 0 bridgehead atoms. The van der Waals surface area contributed by atoms with Crippen LogP contribution in [0.1, 0.15) is 47.1 Å². The summed E-state index contributed by atoms with van der Waals surface area (Å²) in [6.07, 6.45) is 0. The van der Waals surface area contributed by atoms with Gasteiger partial charge >= 0.3 is 5.97 Å². The molecule has 1 amide bonds. The summed E-state index contributed by atoms with van der Waals surface area (Å²) in [5.74, 6) is -0.0225. The molecule has 0 radical (unpaired) electrons. The Labute approximate surface area is 264 Å². The van der Waals surface area contributed by atoms with Gasteiger partial charge in [0.15, 0.2) is 0 Å². The normalized spacial score (nSPS) is 13.6. The first-order valence-corrected chi connectivity index (χ1v) is 15.2. The van der Waals surface area contributed by atoms with Crippen molar-refractivity contribution in [1.82, 2.24) is 4.90 Å². The Balaban J connectivity index is 1.43. The van der Waals surface area contributed by atoms with Crippen LogP contribution < -0.4 is 14.8 Å². The molecule has 8 nitrogen and oxygen atoms in total. The van der Waals surface area contributed by atoms with Crippen molar-refractivity contribution in [3.63, 3.8) is 0 Å². The van der Waals surface area contributed by atoms with E-state index in [1.807, 2.05) is 87.5 Å². The van der Waals surface area contributed by atoms with Gasteiger partial charge in [-0.3, -0.25) is 9.69 Å². The van der Waals surface area contributed by atoms with Crippen LogP contribution >= 0.6 is 0 Å². The Morgan fingerprint density at radius 2 is 1.51 bits per heavy atom. The van der Waals surface area contributed by atoms with Crippen LogP contribution in [0.25, 0.3) is 11.1 Å². The van der Waals surface area contributed by atoms with E-state index in [-0.39, 0.29) is 17.7 Å². The summed E-state index contributed by atoms with van der Waals surface area (Å²) >= 11 is 0. The zero-order valence-corrected chi connectivity index (χ0v) is 26.1. The fourth-order valence-corrected chi connectivity index (χ4v) is 4.91. The number of hydrogen-bond acceptors (Lipinski definition) is 7. The molecule has 4 aromatic rings. The highest BCUT2D eigenvalue weighted by atomic mass is 16.6. The Kier molecular flexibility index (Phi) is 10.5. The van der Waals surface area contributed by atoms with Crippen molar-refractivity contribution in [2.45, 2.75) is 33.0 Å². The molecule has 45 heavy (non-hydrogen) atoms. The molecular formula is C37H40N2O6. The van der Waals surface area contributed by atoms with Gasteiger partial charge in [-0.05, 0) is 67.8 Å². The number of benzene rings is 4. The van der Waals surface area contributed by atoms with Crippen molar-refractivity contribution in [3.8, 4) is 22.6 Å². The van der Waals surface area contributed by atoms with Gasteiger partial charge in [-0.25, -0.2) is 4.79 Å². The van der Waals surface area contributed by atoms with Crippen molar-refractivity contribution in [1.29, 1.82) is 0 Å². The van der Waals surface area contributed by atoms with E-state index in [2.05, 4.69) is 10.2 Å². The first kappa shape index (κ1) is 31.8. The van der Waals surface area contributed by atoms with E-state index in [1.54, 1.807) is 30.3 Å². The Morgan fingerprint density at radius 1 is 0.800 bits per heavy atom. The number of carbonyl (C=O) groups excluding carboxylic acids is 2. The van der Waals surface area contributed by atoms with Gasteiger partial charge in [-0.2, -0.15) is 0 Å². The Morgan fingerprint density at radius 3 is 2.22 bits per heavy atom. The lowest BCUT2D eigenvalue weighted by Gasteiger charge is -2.26. The van der Waals surface area contributed by atoms with Crippen LogP contribution in [-0.2, 0) is 16.1 Å². The number of nitrogens with zero attached hydrogens (tertiary/aromatic N) is 1. The van der Waals surface area contributed by atoms with E-state index in [0.717, 1.165) is 36.3 Å². The highest BCUT2D eigenvalue weighted by molar-refractivity contribution is 6.10. The molecule has 1 saturated heterocycles. The Bertz CT molecular complexity index is 1580. The summed E-state index contributed by atoms with van der Waals surface area (Å²) in [6, 6.07) is 30.1. The SMILES string of the molecule is CC(C)(C)OC(=O)c1ccc(-c2ccccc2)cc1NC(=O)c1cc(OCCN2CCOCC2)ccc1OCc1ccccc1. The average Bonchev–Trinajstić information content (AvgIpc) is 3.04. The molecule has 8 heteroatoms. The third kappa shape index (κ3) is 9.17. The van der Waals surface area contributed by atoms with Crippen LogP contribution in [0, 0.1) is 0 Å². The lowest BCUT2D eigenvalue weighted by Crippen LogP contribution is -2.38. The van der Waals surface area contributed by atoms with Crippen LogP contribution in [-0.4, -0.2) is 61.8 Å². The van der Waals surface area contributed by atoms with Gasteiger partial charge in [-0.1, -0.05) is 66.7 Å². The zero-order chi connectivity index (χ0) is 31.6. The quantitative estimate of drug-likeness (QED) is 0.186. The van der Waals surface area contributed by atoms with Crippen molar-refractivity contribution in [2.75, 3.05) is 44.8 Å². The molecule has 5 rings (SSSR count). The highest BCUT2D eigenvalue weighted by Crippen LogP contribution is 2.30. The lowest BCUT2D eigenvalue weighted by molar-refractivity contribution is 0.00707. The molecule has 1 fully saturated rings. The van der Waals surface area contributed by atoms with Crippen LogP contribution in [0.4, 0.5) is 5.69 Å². The van der Waals surface area contributed by atoms with Gasteiger partial charge in [-0.15, -0.1) is 0 Å². The predicted octanol–water partition coefficient (Wildman–Crippen LogP) is 6.85. The second kappa shape index (κ2) is 14.9. The molecule has 1 heterocycles. The maximum atomic E-state index is 14.0. The highest BCUT2D eigenvalue weighted by Gasteiger charge is 2.23. The number of nitrogens with one attached hydrogen (secondary N) is 1. The third-order valence-electron chi connectivity index (χ3n) is 7.21. The zero-order valence-electron chi connectivity index (χ0n) is 26.1. The number of rotatable bonds is 11. The summed E-state index contributed by atoms with van der Waals surface area (Å²) in [5.41, 5.74) is 2.94. The van der Waals surface area contributed by atoms with Crippen molar-refractivity contribution in [2.24, 2.45) is 0 Å². The van der Waals surface area contributed by atoms with Gasteiger partial charge in [0.05, 0.1) is 30.0 Å². The van der Waals surface area contributed by atoms with E-state index >= 15 is 0 Å². The molecule has 0 aromatic heterocycles. The standard InChI is InChI=1S/C37H40N2O6/c1-37(2,3)45-36(41)31-16-14-29(28-12-8-5-9-13-28)24-33(31)38-35(40)32-25-30(43-23-20-39-18-21-42-22-19-39)15-17-34(32)44-26-27-10-6-4-7-11-27/h4-17,24-25H,18-23,26H2,1-3H3,(H,38,40). The molecule has 0 saturated carbocycles. The number of anilines is 1. The van der Waals surface area contributed by atoms with E-state index in [4.69, 9.17) is 18.9 Å². The van der Waals surface area contributed by atoms with E-state index in [1.165, 1.54) is 0 Å². The molecule has 0 aliphatic carbocycles. The fourth-order valence-electron chi connectivity index (χ4n) is 4.91. The van der Waals surface area contributed by atoms with Crippen LogP contribution in [0.3, 0.4) is 0 Å². The molecule has 1 aliphatic rings. The number of amides is 1. The van der Waals surface area contributed by atoms with E-state index in [9.17, 15) is 9.59 Å². The van der Waals surface area contributed by atoms with Gasteiger partial charge in [0, 0.05) is 19.6 Å². The summed E-state index contributed by atoms with van der Waals surface area (Å²) in [6.45, 7) is 10.1. The third-order valence-corrected chi connectivity index (χ3v) is 7.21. The van der Waals surface area contributed by atoms with Crippen LogP contribution in [0.5, 0.6) is 11.5 Å². The summed E-state index contributed by atoms with van der Waals surface area (Å²) < 4.78 is 23.3. The summed E-state index contributed by atoms with van der Waals surface area (Å²) in [4.78, 5) is 29.5. The predicted molar refractivity (Wildman–Crippen MR) is 175 cm³/mol. The average molecular weight is 609 g/mol. The van der Waals surface area contributed by atoms with Crippen LogP contribution in [0.2, 0.25) is 0 Å². The smallest absolute Gasteiger partial charge is 0.340 e.